The van der Waals surface area contributed by atoms with Gasteiger partial charge in [-0.1, -0.05) is 18.2 Å². The van der Waals surface area contributed by atoms with Gasteiger partial charge in [-0.05, 0) is 38.0 Å². The minimum Gasteiger partial charge on any atom is -0.385 e. The van der Waals surface area contributed by atoms with Crippen LogP contribution in [0.5, 0.6) is 0 Å². The van der Waals surface area contributed by atoms with Gasteiger partial charge in [-0.25, -0.2) is 0 Å². The fraction of sp³-hybridized carbons (Fsp3) is 0.250. The van der Waals surface area contributed by atoms with Gasteiger partial charge in [0.05, 0.1) is 11.3 Å². The van der Waals surface area contributed by atoms with E-state index >= 15 is 0 Å². The first kappa shape index (κ1) is 14.1. The van der Waals surface area contributed by atoms with Crippen LogP contribution in [0.4, 0.5) is 11.4 Å². The molecule has 104 valence electrons. The van der Waals surface area contributed by atoms with E-state index < -0.39 is 0 Å². The maximum absolute atomic E-state index is 12.4. The fourth-order valence-electron chi connectivity index (χ4n) is 2.11. The summed E-state index contributed by atoms with van der Waals surface area (Å²) in [7, 11) is 0. The number of carbonyl (C=O) groups is 1. The first-order valence-corrected chi connectivity index (χ1v) is 6.69. The van der Waals surface area contributed by atoms with Crippen LogP contribution in [-0.4, -0.2) is 17.4 Å². The summed E-state index contributed by atoms with van der Waals surface area (Å²) in [6.45, 7) is 6.72. The first-order valence-electron chi connectivity index (χ1n) is 6.69. The number of pyridine rings is 1. The number of anilines is 2. The second-order valence-corrected chi connectivity index (χ2v) is 4.67. The molecule has 0 radical (unpaired) electrons. The van der Waals surface area contributed by atoms with Gasteiger partial charge in [0.25, 0.3) is 5.91 Å². The zero-order valence-electron chi connectivity index (χ0n) is 12.0. The number of hydrogen-bond acceptors (Lipinski definition) is 3. The normalized spacial score (nSPS) is 10.2. The second-order valence-electron chi connectivity index (χ2n) is 4.67. The van der Waals surface area contributed by atoms with Crippen LogP contribution in [0, 0.1) is 13.8 Å². The molecule has 1 aromatic carbocycles. The summed E-state index contributed by atoms with van der Waals surface area (Å²) in [6, 6.07) is 7.76. The Bertz CT molecular complexity index is 603. The minimum atomic E-state index is -0.147. The van der Waals surface area contributed by atoms with Gasteiger partial charge in [0.1, 0.15) is 0 Å². The van der Waals surface area contributed by atoms with Gasteiger partial charge >= 0.3 is 0 Å². The largest absolute Gasteiger partial charge is 0.385 e. The molecule has 0 fully saturated rings. The van der Waals surface area contributed by atoms with Crippen molar-refractivity contribution in [2.24, 2.45) is 0 Å². The summed E-state index contributed by atoms with van der Waals surface area (Å²) < 4.78 is 0. The van der Waals surface area contributed by atoms with Crippen molar-refractivity contribution in [3.8, 4) is 0 Å². The van der Waals surface area contributed by atoms with E-state index in [0.717, 1.165) is 29.0 Å². The summed E-state index contributed by atoms with van der Waals surface area (Å²) in [5.74, 6) is -0.147. The summed E-state index contributed by atoms with van der Waals surface area (Å²) in [6.07, 6.45) is 3.26. The van der Waals surface area contributed by atoms with Gasteiger partial charge in [0, 0.05) is 24.6 Å². The number of nitrogens with zero attached hydrogens (tertiary/aromatic N) is 1. The molecule has 0 bridgehead atoms. The third-order valence-electron chi connectivity index (χ3n) is 3.15. The van der Waals surface area contributed by atoms with Crippen molar-refractivity contribution in [2.75, 3.05) is 17.2 Å². The number of rotatable bonds is 4. The lowest BCUT2D eigenvalue weighted by molar-refractivity contribution is 0.102. The van der Waals surface area contributed by atoms with Crippen LogP contribution < -0.4 is 10.6 Å². The topological polar surface area (TPSA) is 54.0 Å². The zero-order chi connectivity index (χ0) is 14.5. The summed E-state index contributed by atoms with van der Waals surface area (Å²) >= 11 is 0. The maximum atomic E-state index is 12.4. The zero-order valence-corrected chi connectivity index (χ0v) is 12.0. The van der Waals surface area contributed by atoms with Gasteiger partial charge in [0.2, 0.25) is 0 Å². The van der Waals surface area contributed by atoms with Gasteiger partial charge in [-0.2, -0.15) is 0 Å². The quantitative estimate of drug-likeness (QED) is 0.894. The molecular formula is C16H19N3O. The van der Waals surface area contributed by atoms with Crippen LogP contribution >= 0.6 is 0 Å². The highest BCUT2D eigenvalue weighted by molar-refractivity contribution is 6.08. The molecule has 0 saturated carbocycles. The van der Waals surface area contributed by atoms with Crippen LogP contribution in [0.15, 0.2) is 36.7 Å². The molecular weight excluding hydrogens is 250 g/mol. The molecule has 2 aromatic rings. The molecule has 1 heterocycles. The number of amides is 1. The molecule has 4 nitrogen and oxygen atoms in total. The van der Waals surface area contributed by atoms with Crippen LogP contribution in [-0.2, 0) is 0 Å². The number of aromatic nitrogens is 1. The van der Waals surface area contributed by atoms with Crippen molar-refractivity contribution in [3.63, 3.8) is 0 Å². The Kier molecular flexibility index (Phi) is 4.35. The van der Waals surface area contributed by atoms with Gasteiger partial charge < -0.3 is 10.6 Å². The maximum Gasteiger partial charge on any atom is 0.259 e. The molecule has 2 N–H and O–H groups in total. The fourth-order valence-corrected chi connectivity index (χ4v) is 2.11. The van der Waals surface area contributed by atoms with Gasteiger partial charge in [0.15, 0.2) is 0 Å². The van der Waals surface area contributed by atoms with E-state index in [1.807, 2.05) is 45.0 Å². The van der Waals surface area contributed by atoms with E-state index in [2.05, 4.69) is 15.6 Å². The SMILES string of the molecule is CCNc1ccncc1C(=O)Nc1c(C)cccc1C. The Hall–Kier alpha value is -2.36. The molecule has 1 amide bonds. The number of nitrogens with one attached hydrogen (secondary N) is 2. The number of carbonyl (C=O) groups excluding carboxylic acids is 1. The lowest BCUT2D eigenvalue weighted by Crippen LogP contribution is -2.16. The molecule has 0 spiro atoms. The second kappa shape index (κ2) is 6.19. The third kappa shape index (κ3) is 2.96. The van der Waals surface area contributed by atoms with Crippen molar-refractivity contribution in [2.45, 2.75) is 20.8 Å². The van der Waals surface area contributed by atoms with Crippen LogP contribution in [0.25, 0.3) is 0 Å². The highest BCUT2D eigenvalue weighted by Crippen LogP contribution is 2.22. The van der Waals surface area contributed by atoms with E-state index in [9.17, 15) is 4.79 Å². The molecule has 0 atom stereocenters. The Morgan fingerprint density at radius 1 is 1.20 bits per heavy atom. The lowest BCUT2D eigenvalue weighted by atomic mass is 10.1. The monoisotopic (exact) mass is 269 g/mol. The first-order chi connectivity index (χ1) is 9.63. The molecule has 0 saturated heterocycles. The van der Waals surface area contributed by atoms with E-state index in [1.165, 1.54) is 0 Å². The Labute approximate surface area is 119 Å². The molecule has 2 rings (SSSR count). The Morgan fingerprint density at radius 3 is 2.55 bits per heavy atom. The van der Waals surface area contributed by atoms with Crippen LogP contribution in [0.3, 0.4) is 0 Å². The molecule has 4 heteroatoms. The Morgan fingerprint density at radius 2 is 1.90 bits per heavy atom. The predicted molar refractivity (Wildman–Crippen MR) is 82.3 cm³/mol. The average molecular weight is 269 g/mol. The van der Waals surface area contributed by atoms with Crippen molar-refractivity contribution >= 4 is 17.3 Å². The molecule has 0 aliphatic rings. The van der Waals surface area contributed by atoms with Gasteiger partial charge in [-0.3, -0.25) is 9.78 Å². The highest BCUT2D eigenvalue weighted by atomic mass is 16.1. The van der Waals surface area contributed by atoms with E-state index in [0.29, 0.717) is 5.56 Å². The number of aryl methyl sites for hydroxylation is 2. The Balaban J connectivity index is 2.29. The number of hydrogen-bond donors (Lipinski definition) is 2. The molecule has 0 aliphatic carbocycles. The summed E-state index contributed by atoms with van der Waals surface area (Å²) in [5, 5.41) is 6.15. The van der Waals surface area contributed by atoms with E-state index in [4.69, 9.17) is 0 Å². The smallest absolute Gasteiger partial charge is 0.259 e. The van der Waals surface area contributed by atoms with Crippen LogP contribution in [0.1, 0.15) is 28.4 Å². The third-order valence-corrected chi connectivity index (χ3v) is 3.15. The van der Waals surface area contributed by atoms with Crippen molar-refractivity contribution < 1.29 is 4.79 Å². The minimum absolute atomic E-state index is 0.147. The van der Waals surface area contributed by atoms with Crippen LogP contribution in [0.2, 0.25) is 0 Å². The highest BCUT2D eigenvalue weighted by Gasteiger charge is 2.13. The van der Waals surface area contributed by atoms with Gasteiger partial charge in [-0.15, -0.1) is 0 Å². The summed E-state index contributed by atoms with van der Waals surface area (Å²) in [5.41, 5.74) is 4.31. The van der Waals surface area contributed by atoms with E-state index in [1.54, 1.807) is 12.4 Å². The van der Waals surface area contributed by atoms with Crippen molar-refractivity contribution in [1.29, 1.82) is 0 Å². The number of para-hydroxylation sites is 1. The predicted octanol–water partition coefficient (Wildman–Crippen LogP) is 3.38. The molecule has 0 aliphatic heterocycles. The van der Waals surface area contributed by atoms with Crippen molar-refractivity contribution in [1.82, 2.24) is 4.98 Å². The standard InChI is InChI=1S/C16H19N3O/c1-4-18-14-8-9-17-10-13(14)16(20)19-15-11(2)6-5-7-12(15)3/h5-10H,4H2,1-3H3,(H,17,18)(H,19,20). The average Bonchev–Trinajstić information content (AvgIpc) is 2.44. The molecule has 1 aromatic heterocycles. The molecule has 20 heavy (non-hydrogen) atoms. The summed E-state index contributed by atoms with van der Waals surface area (Å²) in [4.78, 5) is 16.5. The molecule has 0 unspecified atom stereocenters. The van der Waals surface area contributed by atoms with Crippen molar-refractivity contribution in [3.05, 3.63) is 53.3 Å². The number of benzene rings is 1. The van der Waals surface area contributed by atoms with E-state index in [-0.39, 0.29) is 5.91 Å². The lowest BCUT2D eigenvalue weighted by Gasteiger charge is -2.13.